The lowest BCUT2D eigenvalue weighted by Crippen LogP contribution is -2.21. The minimum Gasteiger partial charge on any atom is -0.366 e. The van der Waals surface area contributed by atoms with Gasteiger partial charge in [0.15, 0.2) is 0 Å². The highest BCUT2D eigenvalue weighted by Crippen LogP contribution is 2.36. The van der Waals surface area contributed by atoms with Crippen molar-refractivity contribution in [2.24, 2.45) is 18.5 Å². The van der Waals surface area contributed by atoms with Gasteiger partial charge in [-0.15, -0.1) is 11.3 Å². The van der Waals surface area contributed by atoms with Crippen LogP contribution in [-0.2, 0) is 7.05 Å². The molecule has 0 saturated heterocycles. The van der Waals surface area contributed by atoms with Crippen LogP contribution in [0.4, 0.5) is 9.80 Å². The Kier molecular flexibility index (Phi) is 4.05. The summed E-state index contributed by atoms with van der Waals surface area (Å²) in [6, 6.07) is 8.73. The van der Waals surface area contributed by atoms with Gasteiger partial charge in [0.25, 0.3) is 5.91 Å². The van der Waals surface area contributed by atoms with Crippen LogP contribution in [-0.4, -0.2) is 21.7 Å². The van der Waals surface area contributed by atoms with Crippen molar-refractivity contribution in [3.63, 3.8) is 0 Å². The van der Waals surface area contributed by atoms with Crippen molar-refractivity contribution >= 4 is 28.3 Å². The fraction of sp³-hybridized carbons (Fsp3) is 0.0625. The molecule has 0 unspecified atom stereocenters. The topological polar surface area (TPSA) is 116 Å². The molecule has 3 rings (SSSR count). The van der Waals surface area contributed by atoms with E-state index in [-0.39, 0.29) is 5.56 Å². The number of carbonyl (C=O) groups is 2. The molecule has 0 saturated carbocycles. The van der Waals surface area contributed by atoms with Gasteiger partial charge in [-0.3, -0.25) is 14.8 Å². The minimum absolute atomic E-state index is 0.241. The number of anilines is 1. The first-order valence-electron chi connectivity index (χ1n) is 7.03. The Hall–Kier alpha value is -3.13. The quantitative estimate of drug-likeness (QED) is 0.676. The van der Waals surface area contributed by atoms with E-state index < -0.39 is 11.9 Å². The standard InChI is InChI=1S/C16H15N5O2S/c1-21-8-11(7-19-21)9-2-4-10(5-3-9)13-6-12(14(17)22)15(24-13)20-16(18)23/h2-8H,1H3,(H2,17,22)(H3,18,20,23). The van der Waals surface area contributed by atoms with E-state index in [9.17, 15) is 9.59 Å². The van der Waals surface area contributed by atoms with E-state index in [1.807, 2.05) is 37.5 Å². The molecule has 0 fully saturated rings. The number of nitrogens with one attached hydrogen (secondary N) is 1. The molecule has 0 aliphatic carbocycles. The van der Waals surface area contributed by atoms with Crippen LogP contribution in [0.15, 0.2) is 42.7 Å². The average molecular weight is 341 g/mol. The van der Waals surface area contributed by atoms with Crippen LogP contribution in [0.2, 0.25) is 0 Å². The molecule has 1 aromatic carbocycles. The highest BCUT2D eigenvalue weighted by Gasteiger charge is 2.16. The van der Waals surface area contributed by atoms with Gasteiger partial charge in [-0.1, -0.05) is 24.3 Å². The highest BCUT2D eigenvalue weighted by atomic mass is 32.1. The SMILES string of the molecule is Cn1cc(-c2ccc(-c3cc(C(N)=O)c(NC(N)=O)s3)cc2)cn1. The molecule has 2 heterocycles. The van der Waals surface area contributed by atoms with Gasteiger partial charge in [0.1, 0.15) is 5.00 Å². The van der Waals surface area contributed by atoms with E-state index >= 15 is 0 Å². The monoisotopic (exact) mass is 341 g/mol. The summed E-state index contributed by atoms with van der Waals surface area (Å²) in [6.07, 6.45) is 3.72. The summed E-state index contributed by atoms with van der Waals surface area (Å²) in [4.78, 5) is 23.4. The molecule has 0 atom stereocenters. The van der Waals surface area contributed by atoms with Crippen LogP contribution in [0.25, 0.3) is 21.6 Å². The fourth-order valence-electron chi connectivity index (χ4n) is 2.32. The first kappa shape index (κ1) is 15.8. The number of aromatic nitrogens is 2. The maximum Gasteiger partial charge on any atom is 0.317 e. The maximum absolute atomic E-state index is 11.5. The Balaban J connectivity index is 1.94. The highest BCUT2D eigenvalue weighted by molar-refractivity contribution is 7.20. The summed E-state index contributed by atoms with van der Waals surface area (Å²) in [5.41, 5.74) is 13.7. The molecular weight excluding hydrogens is 326 g/mol. The zero-order valence-corrected chi connectivity index (χ0v) is 13.6. The molecule has 0 radical (unpaired) electrons. The third kappa shape index (κ3) is 3.13. The largest absolute Gasteiger partial charge is 0.366 e. The van der Waals surface area contributed by atoms with Crippen LogP contribution in [0.1, 0.15) is 10.4 Å². The van der Waals surface area contributed by atoms with E-state index in [2.05, 4.69) is 10.4 Å². The third-order valence-electron chi connectivity index (χ3n) is 3.44. The summed E-state index contributed by atoms with van der Waals surface area (Å²) in [6.45, 7) is 0. The Labute approximate surface area is 141 Å². The molecule has 7 nitrogen and oxygen atoms in total. The van der Waals surface area contributed by atoms with Gasteiger partial charge in [-0.25, -0.2) is 4.79 Å². The number of hydrogen-bond acceptors (Lipinski definition) is 4. The Morgan fingerprint density at radius 2 is 1.79 bits per heavy atom. The van der Waals surface area contributed by atoms with Gasteiger partial charge >= 0.3 is 6.03 Å². The predicted molar refractivity (Wildman–Crippen MR) is 93.7 cm³/mol. The molecule has 5 N–H and O–H groups in total. The van der Waals surface area contributed by atoms with Crippen molar-refractivity contribution in [3.05, 3.63) is 48.3 Å². The van der Waals surface area contributed by atoms with E-state index in [1.54, 1.807) is 16.9 Å². The first-order valence-corrected chi connectivity index (χ1v) is 7.85. The number of nitrogens with zero attached hydrogens (tertiary/aromatic N) is 2. The molecular formula is C16H15N5O2S. The number of urea groups is 1. The van der Waals surface area contributed by atoms with Crippen molar-refractivity contribution in [1.82, 2.24) is 9.78 Å². The van der Waals surface area contributed by atoms with Crippen LogP contribution >= 0.6 is 11.3 Å². The molecule has 3 amide bonds. The molecule has 0 aliphatic heterocycles. The third-order valence-corrected chi connectivity index (χ3v) is 4.54. The zero-order valence-electron chi connectivity index (χ0n) is 12.8. The molecule has 0 bridgehead atoms. The number of amides is 3. The maximum atomic E-state index is 11.5. The summed E-state index contributed by atoms with van der Waals surface area (Å²) in [5, 5.41) is 6.93. The van der Waals surface area contributed by atoms with Gasteiger partial charge < -0.3 is 11.5 Å². The van der Waals surface area contributed by atoms with Crippen molar-refractivity contribution < 1.29 is 9.59 Å². The number of aryl methyl sites for hydroxylation is 1. The lowest BCUT2D eigenvalue weighted by Gasteiger charge is -2.00. The number of hydrogen-bond donors (Lipinski definition) is 3. The van der Waals surface area contributed by atoms with Crippen molar-refractivity contribution in [2.45, 2.75) is 0 Å². The van der Waals surface area contributed by atoms with Crippen LogP contribution in [0, 0.1) is 0 Å². The number of primary amides is 2. The molecule has 8 heteroatoms. The number of thiophene rings is 1. The zero-order chi connectivity index (χ0) is 17.3. The number of benzene rings is 1. The fourth-order valence-corrected chi connectivity index (χ4v) is 3.39. The van der Waals surface area contributed by atoms with Crippen molar-refractivity contribution in [2.75, 3.05) is 5.32 Å². The first-order chi connectivity index (χ1) is 11.4. The minimum atomic E-state index is -0.738. The van der Waals surface area contributed by atoms with E-state index in [0.717, 1.165) is 21.6 Å². The van der Waals surface area contributed by atoms with Gasteiger partial charge in [0, 0.05) is 23.7 Å². The van der Waals surface area contributed by atoms with Gasteiger partial charge in [0.05, 0.1) is 11.8 Å². The lowest BCUT2D eigenvalue weighted by atomic mass is 10.1. The van der Waals surface area contributed by atoms with Crippen LogP contribution < -0.4 is 16.8 Å². The molecule has 0 aliphatic rings. The molecule has 3 aromatic rings. The Bertz CT molecular complexity index is 911. The summed E-state index contributed by atoms with van der Waals surface area (Å²) < 4.78 is 1.74. The molecule has 122 valence electrons. The van der Waals surface area contributed by atoms with Crippen LogP contribution in [0.5, 0.6) is 0 Å². The number of carbonyl (C=O) groups excluding carboxylic acids is 2. The van der Waals surface area contributed by atoms with E-state index in [0.29, 0.717) is 5.00 Å². The summed E-state index contributed by atoms with van der Waals surface area (Å²) in [5.74, 6) is -0.617. The number of rotatable bonds is 4. The van der Waals surface area contributed by atoms with E-state index in [4.69, 9.17) is 11.5 Å². The predicted octanol–water partition coefficient (Wildman–Crippen LogP) is 2.41. The van der Waals surface area contributed by atoms with E-state index in [1.165, 1.54) is 11.3 Å². The average Bonchev–Trinajstić information content (AvgIpc) is 3.13. The van der Waals surface area contributed by atoms with Crippen LogP contribution in [0.3, 0.4) is 0 Å². The summed E-state index contributed by atoms with van der Waals surface area (Å²) >= 11 is 1.25. The van der Waals surface area contributed by atoms with Crippen molar-refractivity contribution in [1.29, 1.82) is 0 Å². The molecule has 2 aromatic heterocycles. The smallest absolute Gasteiger partial charge is 0.317 e. The number of nitrogens with two attached hydrogens (primary N) is 2. The van der Waals surface area contributed by atoms with Gasteiger partial charge in [-0.2, -0.15) is 5.10 Å². The van der Waals surface area contributed by atoms with Gasteiger partial charge in [-0.05, 0) is 17.2 Å². The molecule has 24 heavy (non-hydrogen) atoms. The molecule has 0 spiro atoms. The van der Waals surface area contributed by atoms with Crippen molar-refractivity contribution in [3.8, 4) is 21.6 Å². The second kappa shape index (κ2) is 6.17. The Morgan fingerprint density at radius 1 is 1.12 bits per heavy atom. The van der Waals surface area contributed by atoms with Gasteiger partial charge in [0.2, 0.25) is 0 Å². The summed E-state index contributed by atoms with van der Waals surface area (Å²) in [7, 11) is 1.86. The second-order valence-corrected chi connectivity index (χ2v) is 6.24. The normalized spacial score (nSPS) is 10.5. The lowest BCUT2D eigenvalue weighted by molar-refractivity contribution is 0.100. The Morgan fingerprint density at radius 3 is 2.33 bits per heavy atom. The second-order valence-electron chi connectivity index (χ2n) is 5.19.